The van der Waals surface area contributed by atoms with Crippen molar-refractivity contribution in [3.05, 3.63) is 87.4 Å². The van der Waals surface area contributed by atoms with Crippen molar-refractivity contribution in [1.29, 1.82) is 0 Å². The van der Waals surface area contributed by atoms with E-state index in [1.54, 1.807) is 6.92 Å². The molecule has 0 atom stereocenters. The first-order valence-electron chi connectivity index (χ1n) is 9.47. The quantitative estimate of drug-likeness (QED) is 0.223. The smallest absolute Gasteiger partial charge is 0.387 e. The number of ether oxygens (including phenoxy) is 1. The van der Waals surface area contributed by atoms with Crippen LogP contribution in [0.3, 0.4) is 0 Å². The van der Waals surface area contributed by atoms with Crippen molar-refractivity contribution in [3.8, 4) is 5.75 Å². The van der Waals surface area contributed by atoms with Crippen molar-refractivity contribution in [2.45, 2.75) is 18.4 Å². The van der Waals surface area contributed by atoms with Gasteiger partial charge in [-0.05, 0) is 67.1 Å². The summed E-state index contributed by atoms with van der Waals surface area (Å²) >= 11 is 5.82. The van der Waals surface area contributed by atoms with E-state index in [9.17, 15) is 27.3 Å². The third kappa shape index (κ3) is 6.39. The molecule has 0 spiro atoms. The van der Waals surface area contributed by atoms with Gasteiger partial charge in [0.2, 0.25) is 0 Å². The van der Waals surface area contributed by atoms with Crippen LogP contribution in [-0.4, -0.2) is 25.7 Å². The van der Waals surface area contributed by atoms with Gasteiger partial charge in [0.1, 0.15) is 10.6 Å². The number of hydrazone groups is 1. The molecule has 0 aliphatic carbocycles. The topological polar surface area (TPSA) is 123 Å². The molecule has 178 valence electrons. The molecule has 0 heterocycles. The van der Waals surface area contributed by atoms with Crippen LogP contribution in [0.4, 0.5) is 25.8 Å². The van der Waals surface area contributed by atoms with E-state index in [4.69, 9.17) is 11.6 Å². The Kier molecular flexibility index (Phi) is 7.64. The maximum Gasteiger partial charge on any atom is 0.387 e. The molecule has 3 rings (SSSR count). The highest BCUT2D eigenvalue weighted by Crippen LogP contribution is 2.29. The fourth-order valence-corrected chi connectivity index (χ4v) is 4.11. The molecule has 9 nitrogen and oxygen atoms in total. The zero-order valence-corrected chi connectivity index (χ0v) is 19.0. The highest BCUT2D eigenvalue weighted by Gasteiger charge is 2.23. The van der Waals surface area contributed by atoms with Gasteiger partial charge in [-0.1, -0.05) is 11.6 Å². The van der Waals surface area contributed by atoms with Gasteiger partial charge in [0.05, 0.1) is 16.3 Å². The molecule has 3 aromatic carbocycles. The Balaban J connectivity index is 1.90. The first kappa shape index (κ1) is 24.9. The van der Waals surface area contributed by atoms with E-state index in [1.165, 1.54) is 54.6 Å². The second kappa shape index (κ2) is 10.4. The molecule has 2 N–H and O–H groups in total. The fraction of sp³-hybridized carbons (Fsp3) is 0.0952. The molecule has 0 aliphatic heterocycles. The molecule has 0 fully saturated rings. The van der Waals surface area contributed by atoms with E-state index in [0.717, 1.165) is 12.1 Å². The number of hydrogen-bond acceptors (Lipinski definition) is 7. The minimum atomic E-state index is -4.26. The molecule has 3 aromatic rings. The first-order valence-corrected chi connectivity index (χ1v) is 11.3. The van der Waals surface area contributed by atoms with Crippen LogP contribution in [0.15, 0.2) is 76.7 Å². The number of non-ortho nitro benzene ring substituents is 1. The summed E-state index contributed by atoms with van der Waals surface area (Å²) in [6.45, 7) is -1.35. The van der Waals surface area contributed by atoms with Crippen LogP contribution in [0.2, 0.25) is 5.02 Å². The Bertz CT molecular complexity index is 1320. The number of nitro groups is 1. The number of nitrogens with zero attached hydrogens (tertiary/aromatic N) is 2. The Morgan fingerprint density at radius 1 is 1.09 bits per heavy atom. The molecule has 0 aromatic heterocycles. The second-order valence-corrected chi connectivity index (χ2v) is 8.85. The maximum atomic E-state index is 13.0. The molecule has 0 radical (unpaired) electrons. The summed E-state index contributed by atoms with van der Waals surface area (Å²) in [7, 11) is -4.26. The summed E-state index contributed by atoms with van der Waals surface area (Å²) in [5.74, 6) is -0.0310. The predicted molar refractivity (Wildman–Crippen MR) is 124 cm³/mol. The summed E-state index contributed by atoms with van der Waals surface area (Å²) in [6, 6.07) is 14.7. The molecule has 34 heavy (non-hydrogen) atoms. The van der Waals surface area contributed by atoms with Gasteiger partial charge < -0.3 is 4.74 Å². The Morgan fingerprint density at radius 2 is 1.74 bits per heavy atom. The van der Waals surface area contributed by atoms with E-state index >= 15 is 0 Å². The predicted octanol–water partition coefficient (Wildman–Crippen LogP) is 5.49. The lowest BCUT2D eigenvalue weighted by atomic mass is 10.1. The van der Waals surface area contributed by atoms with Gasteiger partial charge in [0, 0.05) is 22.8 Å². The van der Waals surface area contributed by atoms with Gasteiger partial charge >= 0.3 is 6.61 Å². The van der Waals surface area contributed by atoms with Crippen LogP contribution in [0.25, 0.3) is 0 Å². The molecule has 0 saturated heterocycles. The number of hydrogen-bond donors (Lipinski definition) is 2. The highest BCUT2D eigenvalue weighted by atomic mass is 35.5. The molecular formula is C21H17ClF2N4O5S. The lowest BCUT2D eigenvalue weighted by molar-refractivity contribution is -0.385. The van der Waals surface area contributed by atoms with Crippen LogP contribution >= 0.6 is 11.6 Å². The average molecular weight is 511 g/mol. The maximum absolute atomic E-state index is 13.0. The molecule has 0 aliphatic rings. The average Bonchev–Trinajstić information content (AvgIpc) is 2.78. The number of nitro benzene ring substituents is 1. The Labute approximate surface area is 198 Å². The number of rotatable bonds is 9. The number of anilines is 2. The van der Waals surface area contributed by atoms with Crippen LogP contribution in [0.1, 0.15) is 12.5 Å². The van der Waals surface area contributed by atoms with E-state index < -0.39 is 32.1 Å². The summed E-state index contributed by atoms with van der Waals surface area (Å²) in [4.78, 5) is 10.1. The van der Waals surface area contributed by atoms with Gasteiger partial charge in [-0.3, -0.25) is 20.3 Å². The van der Waals surface area contributed by atoms with Crippen molar-refractivity contribution >= 4 is 44.4 Å². The summed E-state index contributed by atoms with van der Waals surface area (Å²) < 4.78 is 57.2. The van der Waals surface area contributed by atoms with Crippen molar-refractivity contribution in [2.24, 2.45) is 5.10 Å². The number of halogens is 3. The summed E-state index contributed by atoms with van der Waals surface area (Å²) in [5.41, 5.74) is 3.27. The zero-order chi connectivity index (χ0) is 24.9. The number of benzene rings is 3. The van der Waals surface area contributed by atoms with E-state index in [1.807, 2.05) is 0 Å². The third-order valence-corrected chi connectivity index (χ3v) is 6.08. The lowest BCUT2D eigenvalue weighted by Gasteiger charge is -2.13. The van der Waals surface area contributed by atoms with E-state index in [-0.39, 0.29) is 17.1 Å². The SMILES string of the molecule is C/C(=N\Nc1ccc([N+](=O)[O-])cc1S(=O)(=O)Nc1ccc(Cl)cc1)c1ccc(OC(F)F)cc1. The molecular weight excluding hydrogens is 494 g/mol. The van der Waals surface area contributed by atoms with Crippen molar-refractivity contribution in [2.75, 3.05) is 10.1 Å². The Morgan fingerprint density at radius 3 is 2.32 bits per heavy atom. The van der Waals surface area contributed by atoms with Crippen molar-refractivity contribution in [3.63, 3.8) is 0 Å². The molecule has 0 amide bonds. The van der Waals surface area contributed by atoms with Crippen LogP contribution in [0.5, 0.6) is 5.75 Å². The van der Waals surface area contributed by atoms with Crippen molar-refractivity contribution in [1.82, 2.24) is 0 Å². The molecule has 0 saturated carbocycles. The summed E-state index contributed by atoms with van der Waals surface area (Å²) in [5, 5.41) is 15.7. The fourth-order valence-electron chi connectivity index (χ4n) is 2.75. The van der Waals surface area contributed by atoms with Gasteiger partial charge in [-0.25, -0.2) is 8.42 Å². The monoisotopic (exact) mass is 510 g/mol. The number of sulfonamides is 1. The van der Waals surface area contributed by atoms with Crippen LogP contribution in [0, 0.1) is 10.1 Å². The third-order valence-electron chi connectivity index (χ3n) is 4.40. The number of nitrogens with one attached hydrogen (secondary N) is 2. The second-order valence-electron chi connectivity index (χ2n) is 6.76. The summed E-state index contributed by atoms with van der Waals surface area (Å²) in [6.07, 6.45) is 0. The zero-order valence-electron chi connectivity index (χ0n) is 17.4. The normalized spacial score (nSPS) is 11.9. The van der Waals surface area contributed by atoms with Crippen LogP contribution < -0.4 is 14.9 Å². The van der Waals surface area contributed by atoms with Gasteiger partial charge in [-0.2, -0.15) is 13.9 Å². The van der Waals surface area contributed by atoms with Gasteiger partial charge in [0.25, 0.3) is 15.7 Å². The number of alkyl halides is 2. The van der Waals surface area contributed by atoms with Gasteiger partial charge in [0.15, 0.2) is 0 Å². The van der Waals surface area contributed by atoms with Crippen molar-refractivity contribution < 1.29 is 26.9 Å². The van der Waals surface area contributed by atoms with Gasteiger partial charge in [-0.15, -0.1) is 0 Å². The van der Waals surface area contributed by atoms with Crippen LogP contribution in [-0.2, 0) is 10.0 Å². The lowest BCUT2D eigenvalue weighted by Crippen LogP contribution is -2.15. The first-order chi connectivity index (χ1) is 16.0. The van der Waals surface area contributed by atoms with E-state index in [0.29, 0.717) is 16.3 Å². The highest BCUT2D eigenvalue weighted by molar-refractivity contribution is 7.92. The molecule has 13 heteroatoms. The standard InChI is InChI=1S/C21H17ClF2N4O5S/c1-13(14-2-9-18(10-3-14)33-21(23)24)25-26-19-11-8-17(28(29)30)12-20(19)34(31,32)27-16-6-4-15(22)5-7-16/h2-12,21,26-27H,1H3/b25-13+. The minimum Gasteiger partial charge on any atom is -0.435 e. The minimum absolute atomic E-state index is 0.0240. The largest absolute Gasteiger partial charge is 0.435 e. The van der Waals surface area contributed by atoms with E-state index in [2.05, 4.69) is 20.0 Å². The molecule has 0 bridgehead atoms. The molecule has 0 unspecified atom stereocenters. The Hall–Kier alpha value is -3.77.